The molecule has 0 N–H and O–H groups in total. The lowest BCUT2D eigenvalue weighted by molar-refractivity contribution is 0.252. The van der Waals surface area contributed by atoms with Gasteiger partial charge in [0.2, 0.25) is 0 Å². The third-order valence-corrected chi connectivity index (χ3v) is 3.78. The van der Waals surface area contributed by atoms with Crippen molar-refractivity contribution >= 4 is 11.6 Å². The number of nitrogens with zero attached hydrogens (tertiary/aromatic N) is 3. The molecule has 1 aromatic heterocycles. The Morgan fingerprint density at radius 2 is 2.05 bits per heavy atom. The molecule has 1 aromatic carbocycles. The largest absolute Gasteiger partial charge is 0.295 e. The van der Waals surface area contributed by atoms with E-state index in [1.807, 2.05) is 43.4 Å². The molecule has 0 amide bonds. The van der Waals surface area contributed by atoms with Gasteiger partial charge in [0.05, 0.1) is 0 Å². The molecule has 0 spiro atoms. The summed E-state index contributed by atoms with van der Waals surface area (Å²) in [6.07, 6.45) is 1.64. The van der Waals surface area contributed by atoms with Crippen molar-refractivity contribution in [2.75, 3.05) is 7.05 Å². The van der Waals surface area contributed by atoms with Crippen LogP contribution in [-0.2, 0) is 6.54 Å². The summed E-state index contributed by atoms with van der Waals surface area (Å²) in [5, 5.41) is 9.84. The smallest absolute Gasteiger partial charge is 0.144 e. The zero-order valence-corrected chi connectivity index (χ0v) is 12.3. The summed E-state index contributed by atoms with van der Waals surface area (Å²) >= 11 is 6.23. The zero-order chi connectivity index (χ0) is 14.5. The molecule has 1 unspecified atom stereocenters. The van der Waals surface area contributed by atoms with Crippen molar-refractivity contribution in [3.8, 4) is 6.07 Å². The Labute approximate surface area is 124 Å². The van der Waals surface area contributed by atoms with Gasteiger partial charge in [-0.1, -0.05) is 35.9 Å². The molecule has 0 fully saturated rings. The van der Waals surface area contributed by atoms with Crippen molar-refractivity contribution < 1.29 is 0 Å². The maximum absolute atomic E-state index is 9.08. The molecule has 0 aliphatic rings. The third-order valence-electron chi connectivity index (χ3n) is 3.43. The molecule has 0 bridgehead atoms. The maximum atomic E-state index is 9.08. The number of benzene rings is 1. The van der Waals surface area contributed by atoms with E-state index in [1.165, 1.54) is 0 Å². The van der Waals surface area contributed by atoms with Gasteiger partial charge in [-0.3, -0.25) is 4.90 Å². The van der Waals surface area contributed by atoms with E-state index in [-0.39, 0.29) is 6.04 Å². The van der Waals surface area contributed by atoms with E-state index in [4.69, 9.17) is 16.9 Å². The molecule has 20 heavy (non-hydrogen) atoms. The zero-order valence-electron chi connectivity index (χ0n) is 11.5. The normalized spacial score (nSPS) is 12.2. The molecule has 2 rings (SSSR count). The Bertz CT molecular complexity index is 634. The van der Waals surface area contributed by atoms with Crippen LogP contribution >= 0.6 is 11.6 Å². The van der Waals surface area contributed by atoms with Gasteiger partial charge in [0, 0.05) is 29.4 Å². The van der Waals surface area contributed by atoms with Crippen molar-refractivity contribution in [1.82, 2.24) is 9.88 Å². The highest BCUT2D eigenvalue weighted by Crippen LogP contribution is 2.27. The number of pyridine rings is 1. The van der Waals surface area contributed by atoms with Crippen LogP contribution in [0.25, 0.3) is 0 Å². The summed E-state index contributed by atoms with van der Waals surface area (Å²) in [6, 6.07) is 13.9. The van der Waals surface area contributed by atoms with Crippen LogP contribution in [0.5, 0.6) is 0 Å². The second-order valence-corrected chi connectivity index (χ2v) is 5.14. The molecule has 1 atom stereocenters. The Hall–Kier alpha value is -1.89. The highest BCUT2D eigenvalue weighted by atomic mass is 35.5. The summed E-state index contributed by atoms with van der Waals surface area (Å²) in [6.45, 7) is 2.76. The Kier molecular flexibility index (Phi) is 4.73. The van der Waals surface area contributed by atoms with E-state index in [0.717, 1.165) is 16.1 Å². The van der Waals surface area contributed by atoms with Gasteiger partial charge in [-0.15, -0.1) is 0 Å². The SMILES string of the molecule is CC(c1ccccc1Cl)N(C)Cc1cccnc1C#N. The van der Waals surface area contributed by atoms with Crippen LogP contribution in [0.2, 0.25) is 5.02 Å². The van der Waals surface area contributed by atoms with E-state index in [2.05, 4.69) is 22.9 Å². The lowest BCUT2D eigenvalue weighted by Gasteiger charge is -2.26. The number of aromatic nitrogens is 1. The first-order valence-electron chi connectivity index (χ1n) is 6.42. The first-order chi connectivity index (χ1) is 9.63. The predicted molar refractivity (Wildman–Crippen MR) is 80.3 cm³/mol. The van der Waals surface area contributed by atoms with Crippen LogP contribution in [0.1, 0.15) is 29.8 Å². The van der Waals surface area contributed by atoms with Gasteiger partial charge in [-0.05, 0) is 31.7 Å². The van der Waals surface area contributed by atoms with Crippen LogP contribution in [0.3, 0.4) is 0 Å². The summed E-state index contributed by atoms with van der Waals surface area (Å²) in [5.41, 5.74) is 2.49. The monoisotopic (exact) mass is 285 g/mol. The second-order valence-electron chi connectivity index (χ2n) is 4.74. The Balaban J connectivity index is 2.18. The minimum atomic E-state index is 0.162. The Morgan fingerprint density at radius 3 is 2.75 bits per heavy atom. The van der Waals surface area contributed by atoms with E-state index in [1.54, 1.807) is 6.20 Å². The predicted octanol–water partition coefficient (Wildman–Crippen LogP) is 3.80. The minimum absolute atomic E-state index is 0.162. The molecule has 4 heteroatoms. The van der Waals surface area contributed by atoms with Gasteiger partial charge in [-0.25, -0.2) is 4.98 Å². The van der Waals surface area contributed by atoms with Crippen molar-refractivity contribution in [2.45, 2.75) is 19.5 Å². The average Bonchev–Trinajstić information content (AvgIpc) is 2.47. The lowest BCUT2D eigenvalue weighted by Crippen LogP contribution is -2.22. The van der Waals surface area contributed by atoms with E-state index in [0.29, 0.717) is 12.2 Å². The number of hydrogen-bond donors (Lipinski definition) is 0. The van der Waals surface area contributed by atoms with Gasteiger partial charge < -0.3 is 0 Å². The van der Waals surface area contributed by atoms with Crippen LogP contribution in [0.4, 0.5) is 0 Å². The second kappa shape index (κ2) is 6.51. The fourth-order valence-electron chi connectivity index (χ4n) is 2.12. The third kappa shape index (κ3) is 3.16. The van der Waals surface area contributed by atoms with Gasteiger partial charge in [-0.2, -0.15) is 5.26 Å². The van der Waals surface area contributed by atoms with Crippen molar-refractivity contribution in [2.24, 2.45) is 0 Å². The fourth-order valence-corrected chi connectivity index (χ4v) is 2.42. The number of halogens is 1. The Morgan fingerprint density at radius 1 is 1.30 bits per heavy atom. The quantitative estimate of drug-likeness (QED) is 0.858. The van der Waals surface area contributed by atoms with Gasteiger partial charge >= 0.3 is 0 Å². The van der Waals surface area contributed by atoms with Crippen LogP contribution in [0.15, 0.2) is 42.6 Å². The van der Waals surface area contributed by atoms with E-state index >= 15 is 0 Å². The van der Waals surface area contributed by atoms with Gasteiger partial charge in [0.15, 0.2) is 0 Å². The van der Waals surface area contributed by atoms with Crippen LogP contribution < -0.4 is 0 Å². The minimum Gasteiger partial charge on any atom is -0.295 e. The molecule has 0 radical (unpaired) electrons. The average molecular weight is 286 g/mol. The van der Waals surface area contributed by atoms with Crippen LogP contribution in [-0.4, -0.2) is 16.9 Å². The topological polar surface area (TPSA) is 39.9 Å². The number of hydrogen-bond acceptors (Lipinski definition) is 3. The molecule has 1 heterocycles. The number of rotatable bonds is 4. The molecule has 0 saturated carbocycles. The lowest BCUT2D eigenvalue weighted by atomic mass is 10.1. The molecule has 2 aromatic rings. The molecule has 3 nitrogen and oxygen atoms in total. The first-order valence-corrected chi connectivity index (χ1v) is 6.80. The van der Waals surface area contributed by atoms with Crippen LogP contribution in [0, 0.1) is 11.3 Å². The number of nitriles is 1. The standard InChI is InChI=1S/C16H16ClN3/c1-12(14-7-3-4-8-15(14)17)20(2)11-13-6-5-9-19-16(13)10-18/h3-9,12H,11H2,1-2H3. The van der Waals surface area contributed by atoms with Gasteiger partial charge in [0.1, 0.15) is 11.8 Å². The highest BCUT2D eigenvalue weighted by Gasteiger charge is 2.16. The first kappa shape index (κ1) is 14.5. The molecular weight excluding hydrogens is 270 g/mol. The van der Waals surface area contributed by atoms with Crippen molar-refractivity contribution in [1.29, 1.82) is 5.26 Å². The molecule has 0 saturated heterocycles. The summed E-state index contributed by atoms with van der Waals surface area (Å²) in [7, 11) is 2.02. The molecular formula is C16H16ClN3. The van der Waals surface area contributed by atoms with Crippen molar-refractivity contribution in [3.05, 3.63) is 64.4 Å². The molecule has 0 aliphatic carbocycles. The summed E-state index contributed by atoms with van der Waals surface area (Å²) in [5.74, 6) is 0. The maximum Gasteiger partial charge on any atom is 0.144 e. The summed E-state index contributed by atoms with van der Waals surface area (Å²) in [4.78, 5) is 6.24. The molecule has 102 valence electrons. The highest BCUT2D eigenvalue weighted by molar-refractivity contribution is 6.31. The summed E-state index contributed by atoms with van der Waals surface area (Å²) < 4.78 is 0. The fraction of sp³-hybridized carbons (Fsp3) is 0.250. The van der Waals surface area contributed by atoms with Crippen molar-refractivity contribution in [3.63, 3.8) is 0 Å². The van der Waals surface area contributed by atoms with Gasteiger partial charge in [0.25, 0.3) is 0 Å². The molecule has 0 aliphatic heterocycles. The van der Waals surface area contributed by atoms with E-state index < -0.39 is 0 Å². The van der Waals surface area contributed by atoms with E-state index in [9.17, 15) is 0 Å².